The van der Waals surface area contributed by atoms with Gasteiger partial charge < -0.3 is 5.32 Å². The Labute approximate surface area is 113 Å². The average Bonchev–Trinajstić information content (AvgIpc) is 2.48. The highest BCUT2D eigenvalue weighted by Gasteiger charge is 2.07. The Morgan fingerprint density at radius 2 is 1.89 bits per heavy atom. The number of nitrogens with zero attached hydrogens (tertiary/aromatic N) is 4. The van der Waals surface area contributed by atoms with Gasteiger partial charge in [-0.25, -0.2) is 4.98 Å². The topological polar surface area (TPSA) is 53.9 Å². The van der Waals surface area contributed by atoms with E-state index in [-0.39, 0.29) is 0 Å². The van der Waals surface area contributed by atoms with Crippen LogP contribution in [0.1, 0.15) is 18.3 Å². The van der Waals surface area contributed by atoms with Gasteiger partial charge in [0.25, 0.3) is 0 Å². The second-order valence-electron chi connectivity index (χ2n) is 4.27. The molecule has 0 bridgehead atoms. The zero-order valence-corrected chi connectivity index (χ0v) is 11.4. The van der Waals surface area contributed by atoms with E-state index >= 15 is 0 Å². The highest BCUT2D eigenvalue weighted by molar-refractivity contribution is 5.29. The van der Waals surface area contributed by atoms with Gasteiger partial charge in [0.1, 0.15) is 5.82 Å². The van der Waals surface area contributed by atoms with Crippen molar-refractivity contribution in [2.24, 2.45) is 0 Å². The third-order valence-electron chi connectivity index (χ3n) is 2.91. The molecule has 0 aliphatic rings. The normalized spacial score (nSPS) is 10.7. The van der Waals surface area contributed by atoms with Gasteiger partial charge in [0, 0.05) is 26.3 Å². The van der Waals surface area contributed by atoms with Crippen LogP contribution in [-0.2, 0) is 13.1 Å². The summed E-state index contributed by atoms with van der Waals surface area (Å²) in [5.41, 5.74) is 2.04. The first-order valence-electron chi connectivity index (χ1n) is 6.42. The Kier molecular flexibility index (Phi) is 4.80. The molecule has 5 heteroatoms. The van der Waals surface area contributed by atoms with Gasteiger partial charge in [0.2, 0.25) is 0 Å². The molecule has 0 saturated carbocycles. The van der Waals surface area contributed by atoms with E-state index in [1.807, 2.05) is 37.6 Å². The van der Waals surface area contributed by atoms with E-state index in [0.717, 1.165) is 36.8 Å². The fourth-order valence-corrected chi connectivity index (χ4v) is 1.79. The summed E-state index contributed by atoms with van der Waals surface area (Å²) in [5.74, 6) is 0.788. The van der Waals surface area contributed by atoms with Crippen molar-refractivity contribution in [1.82, 2.24) is 19.9 Å². The molecule has 0 atom stereocenters. The number of aromatic nitrogens is 3. The van der Waals surface area contributed by atoms with E-state index in [4.69, 9.17) is 0 Å². The molecule has 0 saturated heterocycles. The Hall–Kier alpha value is -2.01. The van der Waals surface area contributed by atoms with Gasteiger partial charge in [-0.15, -0.1) is 0 Å². The molecule has 2 heterocycles. The molecule has 1 N–H and O–H groups in total. The van der Waals surface area contributed by atoms with Gasteiger partial charge in [-0.3, -0.25) is 14.9 Å². The molecule has 5 nitrogen and oxygen atoms in total. The smallest absolute Gasteiger partial charge is 0.144 e. The van der Waals surface area contributed by atoms with Gasteiger partial charge >= 0.3 is 0 Å². The summed E-state index contributed by atoms with van der Waals surface area (Å²) in [6.07, 6.45) is 5.39. The van der Waals surface area contributed by atoms with Crippen LogP contribution in [0.4, 0.5) is 5.82 Å². The molecule has 0 fully saturated rings. The first-order chi connectivity index (χ1) is 9.31. The minimum absolute atomic E-state index is 0.782. The summed E-state index contributed by atoms with van der Waals surface area (Å²) in [6.45, 7) is 4.70. The molecule has 0 aliphatic carbocycles. The summed E-state index contributed by atoms with van der Waals surface area (Å²) in [4.78, 5) is 15.3. The predicted octanol–water partition coefficient (Wildman–Crippen LogP) is 1.94. The Morgan fingerprint density at radius 1 is 1.05 bits per heavy atom. The van der Waals surface area contributed by atoms with Crippen LogP contribution in [0, 0.1) is 0 Å². The lowest BCUT2D eigenvalue weighted by Crippen LogP contribution is -2.23. The minimum Gasteiger partial charge on any atom is -0.372 e. The molecule has 2 aromatic rings. The predicted molar refractivity (Wildman–Crippen MR) is 75.6 cm³/mol. The lowest BCUT2D eigenvalue weighted by Gasteiger charge is -2.19. The van der Waals surface area contributed by atoms with Crippen LogP contribution < -0.4 is 5.32 Å². The molecule has 100 valence electrons. The van der Waals surface area contributed by atoms with Crippen molar-refractivity contribution in [3.63, 3.8) is 0 Å². The number of hydrogen-bond acceptors (Lipinski definition) is 5. The molecular weight excluding hydrogens is 238 g/mol. The fraction of sp³-hybridized carbons (Fsp3) is 0.357. The number of rotatable bonds is 6. The maximum Gasteiger partial charge on any atom is 0.144 e. The number of anilines is 1. The minimum atomic E-state index is 0.782. The Balaban J connectivity index is 1.98. The van der Waals surface area contributed by atoms with E-state index < -0.39 is 0 Å². The zero-order valence-electron chi connectivity index (χ0n) is 11.4. The van der Waals surface area contributed by atoms with E-state index in [0.29, 0.717) is 0 Å². The summed E-state index contributed by atoms with van der Waals surface area (Å²) in [5, 5.41) is 2.96. The summed E-state index contributed by atoms with van der Waals surface area (Å²) in [6, 6.07) is 5.98. The summed E-state index contributed by atoms with van der Waals surface area (Å²) in [7, 11) is 1.84. The standard InChI is InChI=1S/C14H19N5/c1-3-19(10-12-6-4-5-7-16-12)11-13-8-18-14(15-2)9-17-13/h4-9H,3,10-11H2,1-2H3,(H,15,18). The van der Waals surface area contributed by atoms with Gasteiger partial charge in [0.05, 0.1) is 23.8 Å². The fourth-order valence-electron chi connectivity index (χ4n) is 1.79. The van der Waals surface area contributed by atoms with Crippen molar-refractivity contribution in [3.8, 4) is 0 Å². The van der Waals surface area contributed by atoms with Crippen LogP contribution in [0.25, 0.3) is 0 Å². The van der Waals surface area contributed by atoms with E-state index in [1.54, 1.807) is 6.20 Å². The monoisotopic (exact) mass is 257 g/mol. The third-order valence-corrected chi connectivity index (χ3v) is 2.91. The molecule has 2 rings (SSSR count). The Bertz CT molecular complexity index is 483. The first kappa shape index (κ1) is 13.4. The molecule has 0 radical (unpaired) electrons. The number of pyridine rings is 1. The number of nitrogens with one attached hydrogen (secondary N) is 1. The molecule has 0 spiro atoms. The highest BCUT2D eigenvalue weighted by Crippen LogP contribution is 2.07. The SMILES string of the molecule is CCN(Cc1ccccn1)Cc1cnc(NC)cn1. The molecule has 0 unspecified atom stereocenters. The van der Waals surface area contributed by atoms with E-state index in [9.17, 15) is 0 Å². The molecule has 0 aromatic carbocycles. The maximum absolute atomic E-state index is 4.39. The summed E-state index contributed by atoms with van der Waals surface area (Å²) < 4.78 is 0. The van der Waals surface area contributed by atoms with Crippen molar-refractivity contribution < 1.29 is 0 Å². The van der Waals surface area contributed by atoms with E-state index in [1.165, 1.54) is 0 Å². The second-order valence-corrected chi connectivity index (χ2v) is 4.27. The van der Waals surface area contributed by atoms with Crippen molar-refractivity contribution in [3.05, 3.63) is 48.2 Å². The zero-order chi connectivity index (χ0) is 13.5. The Morgan fingerprint density at radius 3 is 2.47 bits per heavy atom. The average molecular weight is 257 g/mol. The van der Waals surface area contributed by atoms with Crippen molar-refractivity contribution in [2.45, 2.75) is 20.0 Å². The van der Waals surface area contributed by atoms with Crippen molar-refractivity contribution >= 4 is 5.82 Å². The quantitative estimate of drug-likeness (QED) is 0.857. The second kappa shape index (κ2) is 6.80. The maximum atomic E-state index is 4.39. The largest absolute Gasteiger partial charge is 0.372 e. The molecule has 19 heavy (non-hydrogen) atoms. The van der Waals surface area contributed by atoms with Crippen LogP contribution in [0.3, 0.4) is 0 Å². The lowest BCUT2D eigenvalue weighted by atomic mass is 10.3. The van der Waals surface area contributed by atoms with E-state index in [2.05, 4.69) is 32.1 Å². The third kappa shape index (κ3) is 3.99. The molecule has 0 aliphatic heterocycles. The van der Waals surface area contributed by atoms with Crippen LogP contribution in [0.15, 0.2) is 36.8 Å². The van der Waals surface area contributed by atoms with Crippen molar-refractivity contribution in [1.29, 1.82) is 0 Å². The number of hydrogen-bond donors (Lipinski definition) is 1. The molecular formula is C14H19N5. The van der Waals surface area contributed by atoms with Crippen LogP contribution >= 0.6 is 0 Å². The van der Waals surface area contributed by atoms with Crippen LogP contribution in [0.5, 0.6) is 0 Å². The van der Waals surface area contributed by atoms with Crippen LogP contribution in [-0.4, -0.2) is 33.4 Å². The van der Waals surface area contributed by atoms with Gasteiger partial charge in [-0.1, -0.05) is 13.0 Å². The van der Waals surface area contributed by atoms with Gasteiger partial charge in [-0.05, 0) is 18.7 Å². The highest BCUT2D eigenvalue weighted by atomic mass is 15.1. The lowest BCUT2D eigenvalue weighted by molar-refractivity contribution is 0.264. The molecule has 0 amide bonds. The van der Waals surface area contributed by atoms with Crippen molar-refractivity contribution in [2.75, 3.05) is 18.9 Å². The van der Waals surface area contributed by atoms with Crippen LogP contribution in [0.2, 0.25) is 0 Å². The first-order valence-corrected chi connectivity index (χ1v) is 6.42. The van der Waals surface area contributed by atoms with Gasteiger partial charge in [0.15, 0.2) is 0 Å². The molecule has 2 aromatic heterocycles. The van der Waals surface area contributed by atoms with Gasteiger partial charge in [-0.2, -0.15) is 0 Å². The summed E-state index contributed by atoms with van der Waals surface area (Å²) >= 11 is 0.